The van der Waals surface area contributed by atoms with Crippen LogP contribution in [0.1, 0.15) is 50.4 Å². The second-order valence-corrected chi connectivity index (χ2v) is 8.96. The minimum absolute atomic E-state index is 0.0763. The van der Waals surface area contributed by atoms with Gasteiger partial charge in [0.15, 0.2) is 5.78 Å². The van der Waals surface area contributed by atoms with Crippen molar-refractivity contribution in [2.75, 3.05) is 13.1 Å². The van der Waals surface area contributed by atoms with E-state index >= 15 is 0 Å². The molecular weight excluding hydrogens is 472 g/mol. The molecule has 4 aromatic rings. The number of nitrogens with zero attached hydrogens (tertiary/aromatic N) is 1. The van der Waals surface area contributed by atoms with Gasteiger partial charge < -0.3 is 10.4 Å². The fourth-order valence-electron chi connectivity index (χ4n) is 4.02. The Morgan fingerprint density at radius 2 is 1.75 bits per heavy atom. The molecule has 0 amide bonds. The molecule has 6 heteroatoms. The van der Waals surface area contributed by atoms with Gasteiger partial charge in [0.2, 0.25) is 0 Å². The van der Waals surface area contributed by atoms with Crippen LogP contribution in [0.25, 0.3) is 23.1 Å². The topological polar surface area (TPSA) is 79.3 Å². The molecule has 36 heavy (non-hydrogen) atoms. The van der Waals surface area contributed by atoms with Crippen molar-refractivity contribution in [2.45, 2.75) is 19.3 Å². The van der Waals surface area contributed by atoms with Gasteiger partial charge in [-0.3, -0.25) is 4.79 Å². The van der Waals surface area contributed by atoms with Gasteiger partial charge in [-0.2, -0.15) is 0 Å². The van der Waals surface area contributed by atoms with Crippen molar-refractivity contribution in [3.8, 4) is 0 Å². The molecule has 0 aliphatic rings. The predicted molar refractivity (Wildman–Crippen MR) is 146 cm³/mol. The summed E-state index contributed by atoms with van der Waals surface area (Å²) in [6.07, 6.45) is 5.74. The third kappa shape index (κ3) is 6.87. The third-order valence-electron chi connectivity index (χ3n) is 5.91. The van der Waals surface area contributed by atoms with Gasteiger partial charge in [0.1, 0.15) is 0 Å². The highest BCUT2D eigenvalue weighted by atomic mass is 35.5. The van der Waals surface area contributed by atoms with Crippen LogP contribution in [0.15, 0.2) is 78.9 Å². The van der Waals surface area contributed by atoms with E-state index in [1.807, 2.05) is 78.9 Å². The van der Waals surface area contributed by atoms with Crippen LogP contribution in [-0.4, -0.2) is 34.9 Å². The summed E-state index contributed by atoms with van der Waals surface area (Å²) in [5.41, 5.74) is 4.44. The van der Waals surface area contributed by atoms with Crippen molar-refractivity contribution in [3.63, 3.8) is 0 Å². The van der Waals surface area contributed by atoms with E-state index in [0.29, 0.717) is 42.1 Å². The quantitative estimate of drug-likeness (QED) is 0.181. The third-order valence-corrected chi connectivity index (χ3v) is 6.14. The standard InChI is InChI=1S/C30H27ClN2O3/c31-25-13-11-23-12-15-26(33-28(23)20-25)14-10-21-5-3-7-24(19-21)29(34)16-18-32-17-4-8-22-6-1-2-9-27(22)30(35)36/h1-3,5-7,9-15,19-20,32H,4,8,16-18H2,(H,35,36)/b14-10+. The first kappa shape index (κ1) is 25.3. The molecule has 0 saturated heterocycles. The molecule has 4 rings (SSSR count). The zero-order valence-electron chi connectivity index (χ0n) is 19.8. The first-order valence-electron chi connectivity index (χ1n) is 11.9. The molecule has 3 aromatic carbocycles. The Labute approximate surface area is 215 Å². The number of rotatable bonds is 11. The van der Waals surface area contributed by atoms with Crippen LogP contribution < -0.4 is 5.32 Å². The van der Waals surface area contributed by atoms with Crippen LogP contribution in [-0.2, 0) is 6.42 Å². The number of ketones is 1. The van der Waals surface area contributed by atoms with Crippen LogP contribution in [0.3, 0.4) is 0 Å². The van der Waals surface area contributed by atoms with Crippen molar-refractivity contribution in [1.82, 2.24) is 10.3 Å². The lowest BCUT2D eigenvalue weighted by Gasteiger charge is -2.07. The van der Waals surface area contributed by atoms with E-state index in [1.54, 1.807) is 12.1 Å². The Kier molecular flexibility index (Phi) is 8.61. The van der Waals surface area contributed by atoms with E-state index in [2.05, 4.69) is 10.3 Å². The first-order chi connectivity index (χ1) is 17.5. The zero-order valence-corrected chi connectivity index (χ0v) is 20.5. The van der Waals surface area contributed by atoms with Crippen molar-refractivity contribution in [2.24, 2.45) is 0 Å². The van der Waals surface area contributed by atoms with E-state index in [9.17, 15) is 14.7 Å². The van der Waals surface area contributed by atoms with E-state index in [0.717, 1.165) is 34.1 Å². The molecule has 0 bridgehead atoms. The maximum Gasteiger partial charge on any atom is 0.335 e. The fraction of sp³-hybridized carbons (Fsp3) is 0.167. The molecule has 2 N–H and O–H groups in total. The lowest BCUT2D eigenvalue weighted by molar-refractivity contribution is 0.0695. The SMILES string of the molecule is O=C(CCNCCCc1ccccc1C(=O)O)c1cccc(/C=C/c2ccc3ccc(Cl)cc3n2)c1. The molecule has 0 aliphatic carbocycles. The monoisotopic (exact) mass is 498 g/mol. The molecular formula is C30H27ClN2O3. The highest BCUT2D eigenvalue weighted by Crippen LogP contribution is 2.19. The van der Waals surface area contributed by atoms with Gasteiger partial charge in [-0.1, -0.05) is 66.2 Å². The molecule has 0 atom stereocenters. The molecule has 182 valence electrons. The summed E-state index contributed by atoms with van der Waals surface area (Å²) >= 11 is 6.08. The van der Waals surface area contributed by atoms with Gasteiger partial charge >= 0.3 is 5.97 Å². The number of hydrogen-bond acceptors (Lipinski definition) is 4. The number of carboxylic acids is 1. The summed E-state index contributed by atoms with van der Waals surface area (Å²) in [6.45, 7) is 1.29. The van der Waals surface area contributed by atoms with Gasteiger partial charge in [-0.25, -0.2) is 9.78 Å². The average molecular weight is 499 g/mol. The van der Waals surface area contributed by atoms with Gasteiger partial charge in [-0.05, 0) is 66.9 Å². The maximum absolute atomic E-state index is 12.7. The number of nitrogens with one attached hydrogen (secondary N) is 1. The number of hydrogen-bond donors (Lipinski definition) is 2. The predicted octanol–water partition coefficient (Wildman–Crippen LogP) is 6.55. The average Bonchev–Trinajstić information content (AvgIpc) is 2.89. The molecule has 0 spiro atoms. The van der Waals surface area contributed by atoms with Crippen molar-refractivity contribution in [3.05, 3.63) is 112 Å². The number of carbonyl (C=O) groups excluding carboxylic acids is 1. The number of fused-ring (bicyclic) bond motifs is 1. The van der Waals surface area contributed by atoms with Crippen molar-refractivity contribution in [1.29, 1.82) is 0 Å². The summed E-state index contributed by atoms with van der Waals surface area (Å²) in [6, 6.07) is 24.2. The second kappa shape index (κ2) is 12.2. The van der Waals surface area contributed by atoms with Crippen LogP contribution >= 0.6 is 11.6 Å². The largest absolute Gasteiger partial charge is 0.478 e. The highest BCUT2D eigenvalue weighted by molar-refractivity contribution is 6.31. The molecule has 1 heterocycles. The molecule has 0 fully saturated rings. The van der Waals surface area contributed by atoms with E-state index in [-0.39, 0.29) is 5.78 Å². The van der Waals surface area contributed by atoms with Crippen LogP contribution in [0, 0.1) is 0 Å². The normalized spacial score (nSPS) is 11.2. The molecule has 0 unspecified atom stereocenters. The highest BCUT2D eigenvalue weighted by Gasteiger charge is 2.09. The molecule has 1 aromatic heterocycles. The molecule has 0 saturated carbocycles. The fourth-order valence-corrected chi connectivity index (χ4v) is 4.18. The lowest BCUT2D eigenvalue weighted by Crippen LogP contribution is -2.20. The maximum atomic E-state index is 12.7. The number of aromatic nitrogens is 1. The number of aromatic carboxylic acids is 1. The summed E-state index contributed by atoms with van der Waals surface area (Å²) in [5, 5.41) is 14.2. The van der Waals surface area contributed by atoms with E-state index < -0.39 is 5.97 Å². The van der Waals surface area contributed by atoms with Gasteiger partial charge in [0, 0.05) is 28.9 Å². The number of pyridine rings is 1. The molecule has 5 nitrogen and oxygen atoms in total. The summed E-state index contributed by atoms with van der Waals surface area (Å²) in [7, 11) is 0. The minimum atomic E-state index is -0.903. The Bertz CT molecular complexity index is 1410. The van der Waals surface area contributed by atoms with Crippen LogP contribution in [0.5, 0.6) is 0 Å². The van der Waals surface area contributed by atoms with Crippen molar-refractivity contribution < 1.29 is 14.7 Å². The number of halogens is 1. The molecule has 0 radical (unpaired) electrons. The first-order valence-corrected chi connectivity index (χ1v) is 12.3. The second-order valence-electron chi connectivity index (χ2n) is 8.52. The van der Waals surface area contributed by atoms with E-state index in [1.165, 1.54) is 0 Å². The Morgan fingerprint density at radius 3 is 2.61 bits per heavy atom. The smallest absolute Gasteiger partial charge is 0.335 e. The summed E-state index contributed by atoms with van der Waals surface area (Å²) in [5.74, 6) is -0.827. The van der Waals surface area contributed by atoms with Crippen LogP contribution in [0.4, 0.5) is 0 Å². The minimum Gasteiger partial charge on any atom is -0.478 e. The van der Waals surface area contributed by atoms with Gasteiger partial charge in [0.05, 0.1) is 16.8 Å². The molecule has 0 aliphatic heterocycles. The van der Waals surface area contributed by atoms with Gasteiger partial charge in [0.25, 0.3) is 0 Å². The van der Waals surface area contributed by atoms with E-state index in [4.69, 9.17) is 11.6 Å². The Hall–Kier alpha value is -3.80. The summed E-state index contributed by atoms with van der Waals surface area (Å²) < 4.78 is 0. The summed E-state index contributed by atoms with van der Waals surface area (Å²) in [4.78, 5) is 28.6. The lowest BCUT2D eigenvalue weighted by atomic mass is 10.0. The van der Waals surface area contributed by atoms with Gasteiger partial charge in [-0.15, -0.1) is 0 Å². The number of carbonyl (C=O) groups is 2. The Balaban J connectivity index is 1.26. The van der Waals surface area contributed by atoms with Crippen LogP contribution in [0.2, 0.25) is 5.02 Å². The number of aryl methyl sites for hydroxylation is 1. The number of carboxylic acid groups (broad SMARTS) is 1. The zero-order chi connectivity index (χ0) is 25.3. The number of benzene rings is 3. The number of Topliss-reactive ketones (excluding diaryl/α,β-unsaturated/α-hetero) is 1. The van der Waals surface area contributed by atoms with Crippen molar-refractivity contribution >= 4 is 46.4 Å². The Morgan fingerprint density at radius 1 is 0.917 bits per heavy atom.